The first-order valence-electron chi connectivity index (χ1n) is 12.6. The van der Waals surface area contributed by atoms with Gasteiger partial charge < -0.3 is 10.2 Å². The van der Waals surface area contributed by atoms with Crippen molar-refractivity contribution in [2.75, 3.05) is 6.54 Å². The van der Waals surface area contributed by atoms with Gasteiger partial charge in [-0.3, -0.25) is 15.2 Å². The number of carbonyl (C=O) groups excluding carboxylic acids is 1. The molecule has 2 aromatic rings. The Bertz CT molecular complexity index is 1270. The van der Waals surface area contributed by atoms with E-state index in [0.29, 0.717) is 5.71 Å². The van der Waals surface area contributed by atoms with E-state index in [2.05, 4.69) is 75.3 Å². The lowest BCUT2D eigenvalue weighted by atomic mass is 9.80. The lowest BCUT2D eigenvalue weighted by Gasteiger charge is -2.29. The summed E-state index contributed by atoms with van der Waals surface area (Å²) >= 11 is 0. The second-order valence-corrected chi connectivity index (χ2v) is 10.3. The first kappa shape index (κ1) is 21.8. The summed E-state index contributed by atoms with van der Waals surface area (Å²) in [7, 11) is 0. The summed E-state index contributed by atoms with van der Waals surface area (Å²) in [4.78, 5) is 20.3. The monoisotopic (exact) mass is 465 g/mol. The van der Waals surface area contributed by atoms with Gasteiger partial charge in [-0.2, -0.15) is 5.10 Å². The maximum atomic E-state index is 13.4. The highest BCUT2D eigenvalue weighted by Gasteiger charge is 2.48. The number of aromatic nitrogens is 1. The van der Waals surface area contributed by atoms with Gasteiger partial charge in [-0.25, -0.2) is 0 Å². The van der Waals surface area contributed by atoms with E-state index in [1.807, 2.05) is 30.6 Å². The number of carbonyl (C=O) groups is 1. The smallest absolute Gasteiger partial charge is 0.272 e. The number of hydrazone groups is 1. The first-order valence-corrected chi connectivity index (χ1v) is 12.6. The molecule has 1 aromatic heterocycles. The molecule has 1 aromatic carbocycles. The van der Waals surface area contributed by atoms with E-state index in [-0.39, 0.29) is 17.0 Å². The third kappa shape index (κ3) is 4.18. The van der Waals surface area contributed by atoms with Gasteiger partial charge in [0.05, 0.1) is 11.1 Å². The van der Waals surface area contributed by atoms with Crippen LogP contribution >= 0.6 is 0 Å². The maximum Gasteiger partial charge on any atom is 0.272 e. The van der Waals surface area contributed by atoms with E-state index in [1.54, 1.807) is 0 Å². The van der Waals surface area contributed by atoms with Gasteiger partial charge in [0.2, 0.25) is 0 Å². The average molecular weight is 466 g/mol. The Hall–Kier alpha value is -3.67. The quantitative estimate of drug-likeness (QED) is 0.662. The van der Waals surface area contributed by atoms with Crippen LogP contribution in [0.2, 0.25) is 0 Å². The highest BCUT2D eigenvalue weighted by atomic mass is 16.2. The van der Waals surface area contributed by atoms with Crippen LogP contribution in [0.3, 0.4) is 0 Å². The Kier molecular flexibility index (Phi) is 5.32. The second kappa shape index (κ2) is 8.52. The zero-order valence-corrected chi connectivity index (χ0v) is 20.1. The van der Waals surface area contributed by atoms with Crippen molar-refractivity contribution in [2.45, 2.75) is 56.7 Å². The number of amides is 1. The Morgan fingerprint density at radius 2 is 2.06 bits per heavy atom. The molecular formula is C29H31N5O. The third-order valence-electron chi connectivity index (χ3n) is 7.58. The van der Waals surface area contributed by atoms with Crippen LogP contribution in [0.25, 0.3) is 5.57 Å². The molecule has 1 amide bonds. The van der Waals surface area contributed by atoms with Crippen LogP contribution in [0, 0.1) is 0 Å². The lowest BCUT2D eigenvalue weighted by Crippen LogP contribution is -2.43. The number of benzene rings is 1. The number of allylic oxidation sites excluding steroid dienone is 3. The van der Waals surface area contributed by atoms with E-state index in [0.717, 1.165) is 61.0 Å². The molecule has 2 aliphatic carbocycles. The van der Waals surface area contributed by atoms with Crippen LogP contribution < -0.4 is 10.7 Å². The molecule has 0 bridgehead atoms. The molecule has 1 fully saturated rings. The molecule has 2 N–H and O–H groups in total. The van der Waals surface area contributed by atoms with E-state index in [9.17, 15) is 4.79 Å². The van der Waals surface area contributed by atoms with Crippen molar-refractivity contribution in [1.82, 2.24) is 20.6 Å². The number of fused-ring (bicyclic) bond motifs is 1. The standard InChI is InChI=1S/C29H31N5O/c1-28-11-10-22(23-16-21(18-30-19-23)20-34-14-6-3-7-15-34)17-25(28)26(32-33-28)27(35)31-29(12-13-29)24-8-4-2-5-9-24/h2,4-6,8-10,14,16-19,33H,3,7,11-13,15,20H2,1H3,(H,31,35). The number of nitrogens with zero attached hydrogens (tertiary/aromatic N) is 3. The number of hydrogen-bond acceptors (Lipinski definition) is 5. The first-order chi connectivity index (χ1) is 17.0. The van der Waals surface area contributed by atoms with Gasteiger partial charge in [-0.15, -0.1) is 0 Å². The normalized spacial score (nSPS) is 24.0. The Morgan fingerprint density at radius 3 is 2.83 bits per heavy atom. The summed E-state index contributed by atoms with van der Waals surface area (Å²) in [6.07, 6.45) is 17.6. The average Bonchev–Trinajstić information content (AvgIpc) is 3.58. The predicted molar refractivity (Wildman–Crippen MR) is 138 cm³/mol. The maximum absolute atomic E-state index is 13.4. The van der Waals surface area contributed by atoms with Crippen molar-refractivity contribution >= 4 is 17.2 Å². The fourth-order valence-corrected chi connectivity index (χ4v) is 5.30. The van der Waals surface area contributed by atoms with Crippen molar-refractivity contribution in [1.29, 1.82) is 0 Å². The molecule has 6 heteroatoms. The molecule has 4 aliphatic rings. The number of hydrogen-bond donors (Lipinski definition) is 2. The summed E-state index contributed by atoms with van der Waals surface area (Å²) in [5, 5.41) is 7.79. The third-order valence-corrected chi connectivity index (χ3v) is 7.58. The number of nitrogens with one attached hydrogen (secondary N) is 2. The molecular weight excluding hydrogens is 434 g/mol. The molecule has 1 atom stereocenters. The lowest BCUT2D eigenvalue weighted by molar-refractivity contribution is -0.115. The van der Waals surface area contributed by atoms with E-state index < -0.39 is 0 Å². The highest BCUT2D eigenvalue weighted by molar-refractivity contribution is 6.47. The summed E-state index contributed by atoms with van der Waals surface area (Å²) in [5.41, 5.74) is 8.55. The van der Waals surface area contributed by atoms with Crippen molar-refractivity contribution in [2.24, 2.45) is 5.10 Å². The highest BCUT2D eigenvalue weighted by Crippen LogP contribution is 2.46. The largest absolute Gasteiger partial charge is 0.373 e. The SMILES string of the molecule is CC12CC=C(c3cncc(CN4C=CCCC4)c3)C=C1C(C(=O)NC1(c3ccccc3)CC1)=NN2. The molecule has 3 heterocycles. The fraction of sp³-hybridized carbons (Fsp3) is 0.345. The molecule has 0 radical (unpaired) electrons. The molecule has 2 aliphatic heterocycles. The molecule has 1 unspecified atom stereocenters. The molecule has 0 saturated heterocycles. The minimum atomic E-state index is -0.372. The fourth-order valence-electron chi connectivity index (χ4n) is 5.30. The summed E-state index contributed by atoms with van der Waals surface area (Å²) in [6, 6.07) is 12.5. The van der Waals surface area contributed by atoms with Crippen LogP contribution in [0.5, 0.6) is 0 Å². The van der Waals surface area contributed by atoms with Crippen LogP contribution in [-0.4, -0.2) is 33.6 Å². The molecule has 6 nitrogen and oxygen atoms in total. The van der Waals surface area contributed by atoms with Crippen LogP contribution in [-0.2, 0) is 16.9 Å². The van der Waals surface area contributed by atoms with E-state index in [4.69, 9.17) is 0 Å². The van der Waals surface area contributed by atoms with Crippen LogP contribution in [0.1, 0.15) is 55.7 Å². The molecule has 178 valence electrons. The molecule has 6 rings (SSSR count). The van der Waals surface area contributed by atoms with Gasteiger partial charge in [-0.05, 0) is 74.1 Å². The van der Waals surface area contributed by atoms with Crippen molar-refractivity contribution in [3.8, 4) is 0 Å². The summed E-state index contributed by atoms with van der Waals surface area (Å²) < 4.78 is 0. The zero-order chi connectivity index (χ0) is 23.9. The van der Waals surface area contributed by atoms with Crippen molar-refractivity contribution in [3.05, 3.63) is 95.5 Å². The van der Waals surface area contributed by atoms with Crippen molar-refractivity contribution < 1.29 is 4.79 Å². The van der Waals surface area contributed by atoms with Gasteiger partial charge in [-0.1, -0.05) is 42.5 Å². The molecule has 35 heavy (non-hydrogen) atoms. The topological polar surface area (TPSA) is 69.6 Å². The minimum Gasteiger partial charge on any atom is -0.373 e. The zero-order valence-electron chi connectivity index (χ0n) is 20.1. The molecule has 1 saturated carbocycles. The van der Waals surface area contributed by atoms with Gasteiger partial charge >= 0.3 is 0 Å². The minimum absolute atomic E-state index is 0.112. The van der Waals surface area contributed by atoms with Gasteiger partial charge in [0.25, 0.3) is 5.91 Å². The van der Waals surface area contributed by atoms with Gasteiger partial charge in [0, 0.05) is 36.6 Å². The Labute approximate surface area is 206 Å². The van der Waals surface area contributed by atoms with Gasteiger partial charge in [0.1, 0.15) is 0 Å². The van der Waals surface area contributed by atoms with E-state index >= 15 is 0 Å². The molecule has 0 spiro atoms. The van der Waals surface area contributed by atoms with Gasteiger partial charge in [0.15, 0.2) is 5.71 Å². The second-order valence-electron chi connectivity index (χ2n) is 10.3. The Balaban J connectivity index is 1.23. The van der Waals surface area contributed by atoms with Crippen molar-refractivity contribution in [3.63, 3.8) is 0 Å². The van der Waals surface area contributed by atoms with Crippen LogP contribution in [0.4, 0.5) is 0 Å². The summed E-state index contributed by atoms with van der Waals surface area (Å²) in [6.45, 7) is 4.05. The van der Waals surface area contributed by atoms with E-state index in [1.165, 1.54) is 12.0 Å². The Morgan fingerprint density at radius 1 is 1.20 bits per heavy atom. The summed E-state index contributed by atoms with van der Waals surface area (Å²) in [5.74, 6) is -0.112. The number of pyridine rings is 1. The van der Waals surface area contributed by atoms with Crippen LogP contribution in [0.15, 0.2) is 83.9 Å². The number of rotatable bonds is 6. The predicted octanol–water partition coefficient (Wildman–Crippen LogP) is 4.43.